The average Bonchev–Trinajstić information content (AvgIpc) is 2.75. The number of carbonyl (C=O) groups is 1. The van der Waals surface area contributed by atoms with Crippen LogP contribution in [0.15, 0.2) is 23.4 Å². The van der Waals surface area contributed by atoms with Gasteiger partial charge in [0.25, 0.3) is 0 Å². The molecule has 0 atom stereocenters. The Balaban J connectivity index is 2.00. The first-order valence-electron chi connectivity index (χ1n) is 5.27. The van der Waals surface area contributed by atoms with Gasteiger partial charge in [-0.15, -0.1) is 6.42 Å². The number of amides is 1. The largest absolute Gasteiger partial charge is 0.399 e. The van der Waals surface area contributed by atoms with Crippen molar-refractivity contribution >= 4 is 34.4 Å². The summed E-state index contributed by atoms with van der Waals surface area (Å²) >= 11 is 1.32. The van der Waals surface area contributed by atoms with Crippen LogP contribution in [0.25, 0.3) is 11.0 Å². The van der Waals surface area contributed by atoms with Crippen LogP contribution >= 0.6 is 11.8 Å². The fraction of sp³-hybridized carbons (Fsp3) is 0.167. The van der Waals surface area contributed by atoms with Gasteiger partial charge in [-0.25, -0.2) is 4.98 Å². The quantitative estimate of drug-likeness (QED) is 0.435. The lowest BCUT2D eigenvalue weighted by atomic mass is 10.3. The number of rotatable bonds is 4. The molecule has 0 fully saturated rings. The van der Waals surface area contributed by atoms with Gasteiger partial charge in [-0.1, -0.05) is 17.7 Å². The van der Waals surface area contributed by atoms with Crippen LogP contribution in [0.5, 0.6) is 0 Å². The lowest BCUT2D eigenvalue weighted by Crippen LogP contribution is -2.25. The molecule has 0 unspecified atom stereocenters. The number of nitrogen functional groups attached to an aromatic ring is 1. The Morgan fingerprint density at radius 2 is 2.44 bits per heavy atom. The molecule has 2 aromatic rings. The molecule has 1 aromatic heterocycles. The van der Waals surface area contributed by atoms with Crippen molar-refractivity contribution in [3.8, 4) is 12.3 Å². The normalized spacial score (nSPS) is 10.2. The molecule has 0 aliphatic rings. The summed E-state index contributed by atoms with van der Waals surface area (Å²) in [4.78, 5) is 18.8. The zero-order valence-electron chi connectivity index (χ0n) is 9.56. The Bertz CT molecular complexity index is 614. The lowest BCUT2D eigenvalue weighted by molar-refractivity contribution is -0.118. The number of aromatic amines is 1. The van der Waals surface area contributed by atoms with Gasteiger partial charge < -0.3 is 16.0 Å². The fourth-order valence-corrected chi connectivity index (χ4v) is 2.12. The minimum absolute atomic E-state index is 0.113. The molecule has 2 rings (SSSR count). The van der Waals surface area contributed by atoms with Gasteiger partial charge in [-0.2, -0.15) is 0 Å². The second-order valence-electron chi connectivity index (χ2n) is 3.59. The summed E-state index contributed by atoms with van der Waals surface area (Å²) in [5.74, 6) is 2.51. The van der Waals surface area contributed by atoms with Crippen LogP contribution in [0.4, 0.5) is 5.69 Å². The van der Waals surface area contributed by atoms with Gasteiger partial charge in [-0.3, -0.25) is 4.79 Å². The number of nitrogens with one attached hydrogen (secondary N) is 2. The second kappa shape index (κ2) is 5.47. The van der Waals surface area contributed by atoms with Crippen molar-refractivity contribution in [2.45, 2.75) is 5.16 Å². The number of carbonyl (C=O) groups excluding carboxylic acids is 1. The molecular formula is C12H12N4OS. The van der Waals surface area contributed by atoms with Gasteiger partial charge in [0.2, 0.25) is 5.91 Å². The highest BCUT2D eigenvalue weighted by molar-refractivity contribution is 7.99. The van der Waals surface area contributed by atoms with E-state index in [1.54, 1.807) is 6.07 Å². The number of hydrogen-bond donors (Lipinski definition) is 3. The molecule has 4 N–H and O–H groups in total. The number of thioether (sulfide) groups is 1. The lowest BCUT2D eigenvalue weighted by Gasteiger charge is -1.98. The Morgan fingerprint density at radius 3 is 3.22 bits per heavy atom. The van der Waals surface area contributed by atoms with Crippen molar-refractivity contribution in [2.24, 2.45) is 0 Å². The first-order chi connectivity index (χ1) is 8.69. The number of benzene rings is 1. The molecule has 0 spiro atoms. The van der Waals surface area contributed by atoms with E-state index >= 15 is 0 Å². The van der Waals surface area contributed by atoms with E-state index in [-0.39, 0.29) is 18.2 Å². The molecule has 1 heterocycles. The van der Waals surface area contributed by atoms with Crippen LogP contribution < -0.4 is 11.1 Å². The number of anilines is 1. The molecule has 0 aliphatic carbocycles. The van der Waals surface area contributed by atoms with Crippen molar-refractivity contribution in [1.29, 1.82) is 0 Å². The van der Waals surface area contributed by atoms with E-state index in [2.05, 4.69) is 21.2 Å². The van der Waals surface area contributed by atoms with Crippen molar-refractivity contribution in [1.82, 2.24) is 15.3 Å². The summed E-state index contributed by atoms with van der Waals surface area (Å²) in [6, 6.07) is 5.44. The van der Waals surface area contributed by atoms with Crippen LogP contribution in [0.1, 0.15) is 0 Å². The van der Waals surface area contributed by atoms with Gasteiger partial charge in [0.15, 0.2) is 5.16 Å². The predicted molar refractivity (Wildman–Crippen MR) is 73.1 cm³/mol. The molecular weight excluding hydrogens is 248 g/mol. The van der Waals surface area contributed by atoms with E-state index in [4.69, 9.17) is 12.2 Å². The second-order valence-corrected chi connectivity index (χ2v) is 4.55. The molecule has 18 heavy (non-hydrogen) atoms. The summed E-state index contributed by atoms with van der Waals surface area (Å²) in [5.41, 5.74) is 8.04. The fourth-order valence-electron chi connectivity index (χ4n) is 1.41. The summed E-state index contributed by atoms with van der Waals surface area (Å²) in [6.45, 7) is 0.246. The third-order valence-electron chi connectivity index (χ3n) is 2.21. The maximum absolute atomic E-state index is 11.4. The minimum Gasteiger partial charge on any atom is -0.399 e. The van der Waals surface area contributed by atoms with Crippen LogP contribution in [-0.2, 0) is 4.79 Å². The molecule has 6 heteroatoms. The van der Waals surface area contributed by atoms with Crippen LogP contribution in [-0.4, -0.2) is 28.2 Å². The molecule has 0 saturated heterocycles. The number of terminal acetylenes is 1. The SMILES string of the molecule is C#CCNC(=O)CSc1nc2ccc(N)cc2[nH]1. The Kier molecular flexibility index (Phi) is 3.75. The number of fused-ring (bicyclic) bond motifs is 1. The molecule has 0 radical (unpaired) electrons. The van der Waals surface area contributed by atoms with Crippen LogP contribution in [0.2, 0.25) is 0 Å². The maximum Gasteiger partial charge on any atom is 0.231 e. The van der Waals surface area contributed by atoms with Crippen LogP contribution in [0.3, 0.4) is 0 Å². The number of imidazole rings is 1. The molecule has 1 amide bonds. The number of hydrogen-bond acceptors (Lipinski definition) is 4. The van der Waals surface area contributed by atoms with Gasteiger partial charge in [0.05, 0.1) is 23.3 Å². The third-order valence-corrected chi connectivity index (χ3v) is 3.09. The smallest absolute Gasteiger partial charge is 0.231 e. The van der Waals surface area contributed by atoms with Crippen molar-refractivity contribution in [3.05, 3.63) is 18.2 Å². The molecule has 5 nitrogen and oxygen atoms in total. The van der Waals surface area contributed by atoms with Crippen molar-refractivity contribution < 1.29 is 4.79 Å². The van der Waals surface area contributed by atoms with Gasteiger partial charge in [-0.05, 0) is 18.2 Å². The van der Waals surface area contributed by atoms with Crippen LogP contribution in [0, 0.1) is 12.3 Å². The summed E-state index contributed by atoms with van der Waals surface area (Å²) in [5, 5.41) is 3.27. The minimum atomic E-state index is -0.113. The molecule has 1 aromatic carbocycles. The summed E-state index contributed by atoms with van der Waals surface area (Å²) in [7, 11) is 0. The van der Waals surface area contributed by atoms with Gasteiger partial charge in [0.1, 0.15) is 0 Å². The molecule has 0 saturated carbocycles. The van der Waals surface area contributed by atoms with Crippen molar-refractivity contribution in [3.63, 3.8) is 0 Å². The Hall–Kier alpha value is -2.13. The first-order valence-corrected chi connectivity index (χ1v) is 6.26. The zero-order chi connectivity index (χ0) is 13.0. The molecule has 0 aliphatic heterocycles. The Labute approximate surface area is 109 Å². The number of H-pyrrole nitrogens is 1. The number of nitrogens with zero attached hydrogens (tertiary/aromatic N) is 1. The monoisotopic (exact) mass is 260 g/mol. The summed E-state index contributed by atoms with van der Waals surface area (Å²) < 4.78 is 0. The summed E-state index contributed by atoms with van der Waals surface area (Å²) in [6.07, 6.45) is 5.05. The third kappa shape index (κ3) is 2.96. The molecule has 0 bridgehead atoms. The van der Waals surface area contributed by atoms with E-state index in [1.807, 2.05) is 12.1 Å². The highest BCUT2D eigenvalue weighted by atomic mass is 32.2. The first kappa shape index (κ1) is 12.3. The topological polar surface area (TPSA) is 83.8 Å². The average molecular weight is 260 g/mol. The van der Waals surface area contributed by atoms with E-state index in [0.717, 1.165) is 11.0 Å². The van der Waals surface area contributed by atoms with E-state index in [1.165, 1.54) is 11.8 Å². The van der Waals surface area contributed by atoms with E-state index < -0.39 is 0 Å². The van der Waals surface area contributed by atoms with Crippen molar-refractivity contribution in [2.75, 3.05) is 18.0 Å². The molecule has 92 valence electrons. The highest BCUT2D eigenvalue weighted by Gasteiger charge is 2.06. The predicted octanol–water partition coefficient (Wildman–Crippen LogP) is 0.987. The standard InChI is InChI=1S/C12H12N4OS/c1-2-5-14-11(17)7-18-12-15-9-4-3-8(13)6-10(9)16-12/h1,3-4,6H,5,7,13H2,(H,14,17)(H,15,16). The number of aromatic nitrogens is 2. The Morgan fingerprint density at radius 1 is 1.61 bits per heavy atom. The highest BCUT2D eigenvalue weighted by Crippen LogP contribution is 2.20. The van der Waals surface area contributed by atoms with Gasteiger partial charge >= 0.3 is 0 Å². The van der Waals surface area contributed by atoms with E-state index in [9.17, 15) is 4.79 Å². The maximum atomic E-state index is 11.4. The zero-order valence-corrected chi connectivity index (χ0v) is 10.4. The van der Waals surface area contributed by atoms with Gasteiger partial charge in [0, 0.05) is 5.69 Å². The van der Waals surface area contributed by atoms with E-state index in [0.29, 0.717) is 10.8 Å². The number of nitrogens with two attached hydrogens (primary N) is 1.